The Balaban J connectivity index is 1.63. The molecular formula is C16H18N2O2S. The Hall–Kier alpha value is -1.46. The van der Waals surface area contributed by atoms with E-state index < -0.39 is 0 Å². The molecule has 3 heterocycles. The highest BCUT2D eigenvalue weighted by molar-refractivity contribution is 7.20. The van der Waals surface area contributed by atoms with Gasteiger partial charge in [0.05, 0.1) is 16.3 Å². The van der Waals surface area contributed by atoms with Gasteiger partial charge in [0, 0.05) is 19.2 Å². The number of nitrogens with zero attached hydrogens (tertiary/aromatic N) is 2. The SMILES string of the molecule is COC1CC2CCC(C1)N2C(=O)c1nc2ccccc2s1. The van der Waals surface area contributed by atoms with E-state index in [2.05, 4.69) is 9.88 Å². The van der Waals surface area contributed by atoms with E-state index >= 15 is 0 Å². The maximum atomic E-state index is 12.9. The highest BCUT2D eigenvalue weighted by atomic mass is 32.1. The van der Waals surface area contributed by atoms with Gasteiger partial charge in [-0.15, -0.1) is 11.3 Å². The number of carbonyl (C=O) groups excluding carboxylic acids is 1. The van der Waals surface area contributed by atoms with Gasteiger partial charge in [-0.1, -0.05) is 12.1 Å². The van der Waals surface area contributed by atoms with Crippen LogP contribution in [0, 0.1) is 0 Å². The van der Waals surface area contributed by atoms with E-state index in [1.165, 1.54) is 11.3 Å². The third kappa shape index (κ3) is 2.15. The number of piperidine rings is 1. The van der Waals surface area contributed by atoms with Crippen LogP contribution < -0.4 is 0 Å². The van der Waals surface area contributed by atoms with Gasteiger partial charge >= 0.3 is 0 Å². The lowest BCUT2D eigenvalue weighted by Crippen LogP contribution is -2.48. The summed E-state index contributed by atoms with van der Waals surface area (Å²) < 4.78 is 6.59. The molecule has 0 saturated carbocycles. The number of fused-ring (bicyclic) bond motifs is 3. The number of para-hydroxylation sites is 1. The van der Waals surface area contributed by atoms with Crippen LogP contribution in [0.3, 0.4) is 0 Å². The van der Waals surface area contributed by atoms with Crippen LogP contribution in [0.2, 0.25) is 0 Å². The number of rotatable bonds is 2. The van der Waals surface area contributed by atoms with Crippen molar-refractivity contribution in [3.8, 4) is 0 Å². The minimum absolute atomic E-state index is 0.109. The predicted molar refractivity (Wildman–Crippen MR) is 82.6 cm³/mol. The Morgan fingerprint density at radius 3 is 2.67 bits per heavy atom. The molecule has 2 aliphatic heterocycles. The lowest BCUT2D eigenvalue weighted by atomic mass is 9.99. The van der Waals surface area contributed by atoms with Crippen LogP contribution in [0.25, 0.3) is 10.2 Å². The Kier molecular flexibility index (Phi) is 3.19. The molecule has 0 spiro atoms. The molecule has 2 fully saturated rings. The highest BCUT2D eigenvalue weighted by Gasteiger charge is 2.44. The van der Waals surface area contributed by atoms with Crippen molar-refractivity contribution >= 4 is 27.5 Å². The molecule has 4 rings (SSSR count). The standard InChI is InChI=1S/C16H18N2O2S/c1-20-12-8-10-6-7-11(9-12)18(10)16(19)15-17-13-4-2-3-5-14(13)21-15/h2-5,10-12H,6-9H2,1H3. The topological polar surface area (TPSA) is 42.4 Å². The van der Waals surface area contributed by atoms with Crippen LogP contribution in [0.4, 0.5) is 0 Å². The fourth-order valence-corrected chi connectivity index (χ4v) is 4.64. The number of hydrogen-bond acceptors (Lipinski definition) is 4. The van der Waals surface area contributed by atoms with Gasteiger partial charge < -0.3 is 9.64 Å². The second-order valence-electron chi connectivity index (χ2n) is 5.91. The summed E-state index contributed by atoms with van der Waals surface area (Å²) in [5, 5.41) is 0.629. The quantitative estimate of drug-likeness (QED) is 0.856. The first-order chi connectivity index (χ1) is 10.3. The number of carbonyl (C=O) groups is 1. The first-order valence-corrected chi connectivity index (χ1v) is 8.29. The third-order valence-electron chi connectivity index (χ3n) is 4.73. The summed E-state index contributed by atoms with van der Waals surface area (Å²) >= 11 is 1.50. The minimum atomic E-state index is 0.109. The average molecular weight is 302 g/mol. The van der Waals surface area contributed by atoms with Crippen molar-refractivity contribution in [2.75, 3.05) is 7.11 Å². The smallest absolute Gasteiger partial charge is 0.283 e. The Morgan fingerprint density at radius 1 is 1.29 bits per heavy atom. The van der Waals surface area contributed by atoms with E-state index in [-0.39, 0.29) is 5.91 Å². The van der Waals surface area contributed by atoms with Gasteiger partial charge in [-0.3, -0.25) is 4.79 Å². The largest absolute Gasteiger partial charge is 0.381 e. The molecule has 110 valence electrons. The number of aromatic nitrogens is 1. The van der Waals surface area contributed by atoms with Gasteiger partial charge in [-0.2, -0.15) is 0 Å². The van der Waals surface area contributed by atoms with Gasteiger partial charge in [-0.05, 0) is 37.8 Å². The average Bonchev–Trinajstić information content (AvgIpc) is 3.05. The van der Waals surface area contributed by atoms with Crippen molar-refractivity contribution in [3.63, 3.8) is 0 Å². The van der Waals surface area contributed by atoms with Crippen molar-refractivity contribution in [1.29, 1.82) is 0 Å². The zero-order valence-corrected chi connectivity index (χ0v) is 12.8. The van der Waals surface area contributed by atoms with Crippen LogP contribution in [-0.4, -0.2) is 41.1 Å². The number of ether oxygens (including phenoxy) is 1. The van der Waals surface area contributed by atoms with Crippen LogP contribution in [0.1, 0.15) is 35.5 Å². The zero-order chi connectivity index (χ0) is 14.4. The maximum absolute atomic E-state index is 12.9. The van der Waals surface area contributed by atoms with E-state index in [1.807, 2.05) is 24.3 Å². The summed E-state index contributed by atoms with van der Waals surface area (Å²) in [7, 11) is 1.77. The first-order valence-electron chi connectivity index (χ1n) is 7.47. The molecule has 0 aliphatic carbocycles. The molecular weight excluding hydrogens is 284 g/mol. The monoisotopic (exact) mass is 302 g/mol. The van der Waals surface area contributed by atoms with Crippen molar-refractivity contribution in [2.24, 2.45) is 0 Å². The summed E-state index contributed by atoms with van der Waals surface area (Å²) in [5.74, 6) is 0.109. The van der Waals surface area contributed by atoms with E-state index in [4.69, 9.17) is 4.74 Å². The molecule has 1 amide bonds. The lowest BCUT2D eigenvalue weighted by molar-refractivity contribution is 0.00822. The van der Waals surface area contributed by atoms with Gasteiger partial charge in [-0.25, -0.2) is 4.98 Å². The molecule has 2 aromatic rings. The predicted octanol–water partition coefficient (Wildman–Crippen LogP) is 3.08. The number of hydrogen-bond donors (Lipinski definition) is 0. The lowest BCUT2D eigenvalue weighted by Gasteiger charge is -2.37. The molecule has 2 unspecified atom stereocenters. The zero-order valence-electron chi connectivity index (χ0n) is 12.0. The number of amides is 1. The van der Waals surface area contributed by atoms with E-state index in [0.717, 1.165) is 35.9 Å². The van der Waals surface area contributed by atoms with Crippen molar-refractivity contribution < 1.29 is 9.53 Å². The number of benzene rings is 1. The summed E-state index contributed by atoms with van der Waals surface area (Å²) in [4.78, 5) is 19.5. The minimum Gasteiger partial charge on any atom is -0.381 e. The fraction of sp³-hybridized carbons (Fsp3) is 0.500. The summed E-state index contributed by atoms with van der Waals surface area (Å²) in [5.41, 5.74) is 0.921. The Bertz CT molecular complexity index is 637. The van der Waals surface area contributed by atoms with Gasteiger partial charge in [0.15, 0.2) is 5.01 Å². The molecule has 5 heteroatoms. The molecule has 0 radical (unpaired) electrons. The van der Waals surface area contributed by atoms with Crippen molar-refractivity contribution in [1.82, 2.24) is 9.88 Å². The van der Waals surface area contributed by atoms with E-state index in [9.17, 15) is 4.79 Å². The summed E-state index contributed by atoms with van der Waals surface area (Å²) in [6.45, 7) is 0. The van der Waals surface area contributed by atoms with Crippen molar-refractivity contribution in [2.45, 2.75) is 43.9 Å². The van der Waals surface area contributed by atoms with Gasteiger partial charge in [0.2, 0.25) is 0 Å². The Morgan fingerprint density at radius 2 is 2.00 bits per heavy atom. The van der Waals surface area contributed by atoms with Crippen molar-refractivity contribution in [3.05, 3.63) is 29.3 Å². The number of thiazole rings is 1. The third-order valence-corrected chi connectivity index (χ3v) is 5.76. The molecule has 1 aromatic carbocycles. The van der Waals surface area contributed by atoms with E-state index in [0.29, 0.717) is 23.2 Å². The Labute approximate surface area is 127 Å². The van der Waals surface area contributed by atoms with Gasteiger partial charge in [0.1, 0.15) is 0 Å². The summed E-state index contributed by atoms with van der Waals surface area (Å²) in [6.07, 6.45) is 4.43. The van der Waals surface area contributed by atoms with Crippen LogP contribution in [0.15, 0.2) is 24.3 Å². The van der Waals surface area contributed by atoms with Crippen LogP contribution in [-0.2, 0) is 4.74 Å². The second kappa shape index (κ2) is 5.07. The van der Waals surface area contributed by atoms with Crippen LogP contribution >= 0.6 is 11.3 Å². The molecule has 2 saturated heterocycles. The van der Waals surface area contributed by atoms with E-state index in [1.54, 1.807) is 7.11 Å². The normalized spacial score (nSPS) is 28.2. The molecule has 21 heavy (non-hydrogen) atoms. The second-order valence-corrected chi connectivity index (χ2v) is 6.94. The molecule has 4 nitrogen and oxygen atoms in total. The van der Waals surface area contributed by atoms with Gasteiger partial charge in [0.25, 0.3) is 5.91 Å². The molecule has 2 bridgehead atoms. The maximum Gasteiger partial charge on any atom is 0.283 e. The summed E-state index contributed by atoms with van der Waals surface area (Å²) in [6, 6.07) is 8.60. The molecule has 2 atom stereocenters. The first kappa shape index (κ1) is 13.2. The number of methoxy groups -OCH3 is 1. The molecule has 0 N–H and O–H groups in total. The molecule has 2 aliphatic rings. The fourth-order valence-electron chi connectivity index (χ4n) is 3.73. The molecule has 1 aromatic heterocycles. The van der Waals surface area contributed by atoms with Crippen LogP contribution in [0.5, 0.6) is 0 Å². The highest BCUT2D eigenvalue weighted by Crippen LogP contribution is 2.38.